The second-order valence-corrected chi connectivity index (χ2v) is 15.0. The fourth-order valence-electron chi connectivity index (χ4n) is 8.10. The van der Waals surface area contributed by atoms with Crippen molar-refractivity contribution in [2.24, 2.45) is 0 Å². The van der Waals surface area contributed by atoms with E-state index in [-0.39, 0.29) is 54.7 Å². The molecule has 3 aromatic carbocycles. The average molecular weight is 809 g/mol. The molecule has 308 valence electrons. The first-order chi connectivity index (χ1) is 28.5. The molecule has 1 saturated carbocycles. The smallest absolute Gasteiger partial charge is 0.325 e. The molecule has 3 fully saturated rings. The van der Waals surface area contributed by atoms with Crippen molar-refractivity contribution in [3.8, 4) is 17.2 Å². The second kappa shape index (κ2) is 16.3. The van der Waals surface area contributed by atoms with Gasteiger partial charge in [-0.15, -0.1) is 0 Å². The molecule has 4 heterocycles. The number of aliphatic hydroxyl groups excluding tert-OH is 3. The SMILES string of the molecule is O=C(NCc1cccc(O)c1)N[C@@H]1CCN(c2nc(NCC(c3ccc(O)cc3)c3ccc(O)cc3)c3ncn([C@@H]4C[C@H](N5C(=O)NC(CO)C5=O)[C@@H](O)[C@H]4O)c3n2)C1. The van der Waals surface area contributed by atoms with Gasteiger partial charge in [0.1, 0.15) is 35.5 Å². The largest absolute Gasteiger partial charge is 0.508 e. The third-order valence-electron chi connectivity index (χ3n) is 11.2. The Morgan fingerprint density at radius 3 is 2.25 bits per heavy atom. The summed E-state index contributed by atoms with van der Waals surface area (Å²) >= 11 is 0. The molecule has 5 aromatic rings. The lowest BCUT2D eigenvalue weighted by Crippen LogP contribution is -2.47. The van der Waals surface area contributed by atoms with E-state index in [1.54, 1.807) is 77.4 Å². The molecule has 1 aliphatic carbocycles. The van der Waals surface area contributed by atoms with E-state index in [0.29, 0.717) is 42.4 Å². The number of urea groups is 2. The maximum absolute atomic E-state index is 13.0. The quantitative estimate of drug-likeness (QED) is 0.0795. The van der Waals surface area contributed by atoms with Crippen LogP contribution in [0.1, 0.15) is 41.5 Å². The highest BCUT2D eigenvalue weighted by molar-refractivity contribution is 6.04. The number of imide groups is 1. The molecule has 0 spiro atoms. The molecule has 0 bridgehead atoms. The number of benzene rings is 3. The number of imidazole rings is 1. The van der Waals surface area contributed by atoms with Gasteiger partial charge in [-0.3, -0.25) is 9.69 Å². The summed E-state index contributed by atoms with van der Waals surface area (Å²) in [5.74, 6) is -0.0416. The van der Waals surface area contributed by atoms with E-state index in [2.05, 4.69) is 26.3 Å². The summed E-state index contributed by atoms with van der Waals surface area (Å²) in [7, 11) is 0. The molecular formula is C40H44N10O9. The molecule has 3 aliphatic rings. The Balaban J connectivity index is 1.09. The van der Waals surface area contributed by atoms with Gasteiger partial charge in [-0.2, -0.15) is 9.97 Å². The number of anilines is 2. The molecule has 59 heavy (non-hydrogen) atoms. The van der Waals surface area contributed by atoms with Crippen molar-refractivity contribution in [3.63, 3.8) is 0 Å². The van der Waals surface area contributed by atoms with Crippen molar-refractivity contribution in [1.82, 2.24) is 40.4 Å². The fourth-order valence-corrected chi connectivity index (χ4v) is 8.10. The zero-order valence-electron chi connectivity index (χ0n) is 31.6. The van der Waals surface area contributed by atoms with Crippen molar-refractivity contribution < 1.29 is 45.0 Å². The molecule has 19 nitrogen and oxygen atoms in total. The summed E-state index contributed by atoms with van der Waals surface area (Å²) in [5, 5.41) is 73.6. The van der Waals surface area contributed by atoms with Crippen molar-refractivity contribution in [2.45, 2.75) is 61.7 Å². The van der Waals surface area contributed by atoms with Gasteiger partial charge in [0, 0.05) is 38.1 Å². The Kier molecular flexibility index (Phi) is 10.8. The normalized spacial score (nSPS) is 23.0. The van der Waals surface area contributed by atoms with Gasteiger partial charge in [-0.05, 0) is 65.9 Å². The zero-order chi connectivity index (χ0) is 41.4. The van der Waals surface area contributed by atoms with Gasteiger partial charge in [-0.25, -0.2) is 14.6 Å². The zero-order valence-corrected chi connectivity index (χ0v) is 31.6. The Bertz CT molecular complexity index is 2300. The van der Waals surface area contributed by atoms with Gasteiger partial charge in [0.25, 0.3) is 5.91 Å². The predicted octanol–water partition coefficient (Wildman–Crippen LogP) is 1.21. The number of nitrogens with one attached hydrogen (secondary N) is 4. The molecule has 2 aliphatic heterocycles. The number of carbonyl (C=O) groups is 3. The first kappa shape index (κ1) is 39.1. The van der Waals surface area contributed by atoms with E-state index in [0.717, 1.165) is 21.6 Å². The lowest BCUT2D eigenvalue weighted by molar-refractivity contribution is -0.131. The van der Waals surface area contributed by atoms with Crippen molar-refractivity contribution in [1.29, 1.82) is 0 Å². The molecule has 2 saturated heterocycles. The molecule has 1 unspecified atom stereocenters. The van der Waals surface area contributed by atoms with Crippen LogP contribution >= 0.6 is 0 Å². The lowest BCUT2D eigenvalue weighted by Gasteiger charge is -2.24. The molecule has 0 radical (unpaired) electrons. The van der Waals surface area contributed by atoms with E-state index in [1.165, 1.54) is 6.33 Å². The maximum Gasteiger partial charge on any atom is 0.325 e. The van der Waals surface area contributed by atoms with Gasteiger partial charge >= 0.3 is 12.1 Å². The summed E-state index contributed by atoms with van der Waals surface area (Å²) in [4.78, 5) is 55.8. The van der Waals surface area contributed by atoms with Crippen LogP contribution in [0.4, 0.5) is 21.4 Å². The first-order valence-corrected chi connectivity index (χ1v) is 19.2. The Morgan fingerprint density at radius 1 is 0.898 bits per heavy atom. The minimum Gasteiger partial charge on any atom is -0.508 e. The van der Waals surface area contributed by atoms with Crippen LogP contribution in [0.3, 0.4) is 0 Å². The van der Waals surface area contributed by atoms with E-state index >= 15 is 0 Å². The van der Waals surface area contributed by atoms with Crippen LogP contribution in [-0.4, -0.2) is 130 Å². The average Bonchev–Trinajstić information content (AvgIpc) is 4.00. The van der Waals surface area contributed by atoms with Gasteiger partial charge < -0.3 is 61.4 Å². The first-order valence-electron chi connectivity index (χ1n) is 19.2. The number of hydrogen-bond donors (Lipinski definition) is 10. The van der Waals surface area contributed by atoms with Gasteiger partial charge in [0.2, 0.25) is 5.95 Å². The number of aromatic hydroxyl groups is 3. The maximum atomic E-state index is 13.0. The van der Waals surface area contributed by atoms with Crippen LogP contribution in [0.25, 0.3) is 11.2 Å². The van der Waals surface area contributed by atoms with Crippen molar-refractivity contribution in [3.05, 3.63) is 95.8 Å². The van der Waals surface area contributed by atoms with E-state index in [1.807, 2.05) is 4.90 Å². The predicted molar refractivity (Wildman–Crippen MR) is 212 cm³/mol. The number of aliphatic hydroxyl groups is 3. The van der Waals surface area contributed by atoms with Gasteiger partial charge in [0.15, 0.2) is 17.0 Å². The molecule has 2 aromatic heterocycles. The van der Waals surface area contributed by atoms with Crippen LogP contribution in [0.2, 0.25) is 0 Å². The minimum atomic E-state index is -1.51. The van der Waals surface area contributed by atoms with E-state index in [9.17, 15) is 45.0 Å². The fraction of sp³-hybridized carbons (Fsp3) is 0.350. The van der Waals surface area contributed by atoms with Gasteiger partial charge in [0.05, 0.1) is 25.0 Å². The molecule has 6 atom stereocenters. The number of rotatable bonds is 12. The Morgan fingerprint density at radius 2 is 1.59 bits per heavy atom. The highest BCUT2D eigenvalue weighted by Crippen LogP contribution is 2.38. The third kappa shape index (κ3) is 7.94. The molecule has 8 rings (SSSR count). The van der Waals surface area contributed by atoms with E-state index < -0.39 is 48.9 Å². The highest BCUT2D eigenvalue weighted by Gasteiger charge is 2.52. The molecule has 5 amide bonds. The summed E-state index contributed by atoms with van der Waals surface area (Å²) in [6.45, 7) is 0.710. The number of phenolic OH excluding ortho intramolecular Hbond substituents is 3. The van der Waals surface area contributed by atoms with Crippen molar-refractivity contribution in [2.75, 3.05) is 36.5 Å². The topological polar surface area (TPSA) is 271 Å². The number of phenols is 3. The Labute approximate surface area is 337 Å². The number of carbonyl (C=O) groups excluding carboxylic acids is 3. The monoisotopic (exact) mass is 808 g/mol. The standard InChI is InChI=1S/C40H44N10O9/c51-19-29-37(57)50(40(59)45-29)31-15-30(33(55)34(31)56)49-20-43-32-35(41-17-28(22-4-8-25(52)9-5-22)23-6-10-26(53)11-7-23)46-38(47-36(32)49)48-13-12-24(18-48)44-39(58)42-16-21-2-1-3-27(54)14-21/h1-11,14,20,24,28-31,33-34,51-56H,12-13,15-19H2,(H,45,59)(H,41,46,47)(H2,42,44,58)/t24-,29?,30-,31+,33+,34-/m1/s1. The van der Waals surface area contributed by atoms with Crippen LogP contribution in [0, 0.1) is 0 Å². The van der Waals surface area contributed by atoms with Crippen LogP contribution in [-0.2, 0) is 11.3 Å². The summed E-state index contributed by atoms with van der Waals surface area (Å²) in [5.41, 5.74) is 3.10. The molecular weight excluding hydrogens is 765 g/mol. The lowest BCUT2D eigenvalue weighted by atomic mass is 9.91. The summed E-state index contributed by atoms with van der Waals surface area (Å²) < 4.78 is 1.60. The number of hydrogen-bond acceptors (Lipinski definition) is 14. The molecule has 10 N–H and O–H groups in total. The van der Waals surface area contributed by atoms with E-state index in [4.69, 9.17) is 9.97 Å². The van der Waals surface area contributed by atoms with Crippen molar-refractivity contribution >= 4 is 40.9 Å². The number of fused-ring (bicyclic) bond motifs is 1. The minimum absolute atomic E-state index is 0.0373. The second-order valence-electron chi connectivity index (χ2n) is 15.0. The van der Waals surface area contributed by atoms with Gasteiger partial charge in [-0.1, -0.05) is 36.4 Å². The summed E-state index contributed by atoms with van der Waals surface area (Å²) in [6, 6.07) is 15.6. The summed E-state index contributed by atoms with van der Waals surface area (Å²) in [6.07, 6.45) is -0.952. The van der Waals surface area contributed by atoms with Crippen LogP contribution in [0.5, 0.6) is 17.2 Å². The number of nitrogens with zero attached hydrogens (tertiary/aromatic N) is 6. The number of amides is 5. The van der Waals surface area contributed by atoms with Crippen LogP contribution in [0.15, 0.2) is 79.1 Å². The van der Waals surface area contributed by atoms with Crippen LogP contribution < -0.4 is 26.2 Å². The third-order valence-corrected chi connectivity index (χ3v) is 11.2. The number of aromatic nitrogens is 4. The Hall–Kier alpha value is -6.70. The highest BCUT2D eigenvalue weighted by atomic mass is 16.3. The molecule has 19 heteroatoms.